The Morgan fingerprint density at radius 3 is 2.73 bits per heavy atom. The lowest BCUT2D eigenvalue weighted by Crippen LogP contribution is -2.36. The van der Waals surface area contributed by atoms with Crippen LogP contribution in [0, 0.1) is 6.92 Å². The number of rotatable bonds is 5. The predicted molar refractivity (Wildman–Crippen MR) is 66.2 cm³/mol. The zero-order chi connectivity index (χ0) is 11.5. The molecule has 1 atom stereocenters. The number of thiazole rings is 1. The van der Waals surface area contributed by atoms with E-state index in [1.54, 1.807) is 11.3 Å². The van der Waals surface area contributed by atoms with E-state index in [-0.39, 0.29) is 5.54 Å². The van der Waals surface area contributed by atoms with Gasteiger partial charge in [0.25, 0.3) is 0 Å². The monoisotopic (exact) mass is 227 g/mol. The molecule has 0 aliphatic heterocycles. The van der Waals surface area contributed by atoms with Crippen LogP contribution in [-0.2, 0) is 0 Å². The van der Waals surface area contributed by atoms with Gasteiger partial charge in [-0.2, -0.15) is 0 Å². The van der Waals surface area contributed by atoms with Gasteiger partial charge >= 0.3 is 0 Å². The summed E-state index contributed by atoms with van der Waals surface area (Å²) in [5.41, 5.74) is 6.92. The maximum atomic E-state index is 5.91. The molecule has 4 heteroatoms. The van der Waals surface area contributed by atoms with Crippen LogP contribution >= 0.6 is 11.3 Å². The Morgan fingerprint density at radius 1 is 1.60 bits per heavy atom. The van der Waals surface area contributed by atoms with Gasteiger partial charge in [0.1, 0.15) is 5.01 Å². The highest BCUT2D eigenvalue weighted by molar-refractivity contribution is 7.09. The van der Waals surface area contributed by atoms with Crippen LogP contribution in [0.5, 0.6) is 0 Å². The molecule has 0 saturated heterocycles. The van der Waals surface area contributed by atoms with Crippen molar-refractivity contribution in [2.75, 3.05) is 6.54 Å². The number of hydrogen-bond donors (Lipinski definition) is 2. The Balaban J connectivity index is 2.34. The third kappa shape index (κ3) is 4.73. The molecule has 0 fully saturated rings. The number of nitrogens with one attached hydrogen (secondary N) is 1. The van der Waals surface area contributed by atoms with Gasteiger partial charge in [-0.05, 0) is 40.7 Å². The quantitative estimate of drug-likeness (QED) is 0.811. The first-order valence-corrected chi connectivity index (χ1v) is 6.21. The molecule has 3 N–H and O–H groups in total. The lowest BCUT2D eigenvalue weighted by atomic mass is 10.0. The summed E-state index contributed by atoms with van der Waals surface area (Å²) in [6, 6.07) is 0.325. The normalized spacial score (nSPS) is 14.2. The summed E-state index contributed by atoms with van der Waals surface area (Å²) in [6.45, 7) is 9.20. The van der Waals surface area contributed by atoms with E-state index in [1.807, 2.05) is 20.8 Å². The van der Waals surface area contributed by atoms with Crippen molar-refractivity contribution >= 4 is 11.3 Å². The van der Waals surface area contributed by atoms with Crippen molar-refractivity contribution < 1.29 is 0 Å². The Bertz CT molecular complexity index is 301. The molecule has 1 unspecified atom stereocenters. The first kappa shape index (κ1) is 12.6. The maximum Gasteiger partial charge on any atom is 0.110 e. The van der Waals surface area contributed by atoms with Gasteiger partial charge in [-0.25, -0.2) is 4.98 Å². The molecule has 0 radical (unpaired) electrons. The summed E-state index contributed by atoms with van der Waals surface area (Å²) in [5, 5.41) is 6.68. The standard InChI is InChI=1S/C11H21N3S/c1-8-7-15-10(14-8)9(2)13-6-5-11(3,4)12/h7,9,13H,5-6,12H2,1-4H3. The second kappa shape index (κ2) is 5.05. The van der Waals surface area contributed by atoms with E-state index in [0.717, 1.165) is 23.7 Å². The molecule has 0 bridgehead atoms. The molecule has 0 aliphatic rings. The fraction of sp³-hybridized carbons (Fsp3) is 0.727. The lowest BCUT2D eigenvalue weighted by Gasteiger charge is -2.20. The van der Waals surface area contributed by atoms with Crippen molar-refractivity contribution in [2.24, 2.45) is 5.73 Å². The van der Waals surface area contributed by atoms with Crippen LogP contribution in [0.3, 0.4) is 0 Å². The largest absolute Gasteiger partial charge is 0.326 e. The van der Waals surface area contributed by atoms with Crippen LogP contribution in [-0.4, -0.2) is 17.1 Å². The molecule has 0 aromatic carbocycles. The van der Waals surface area contributed by atoms with Crippen molar-refractivity contribution in [3.05, 3.63) is 16.1 Å². The summed E-state index contributed by atoms with van der Waals surface area (Å²) >= 11 is 1.71. The van der Waals surface area contributed by atoms with Crippen LogP contribution < -0.4 is 11.1 Å². The van der Waals surface area contributed by atoms with E-state index in [4.69, 9.17) is 5.73 Å². The number of nitrogens with zero attached hydrogens (tertiary/aromatic N) is 1. The smallest absolute Gasteiger partial charge is 0.110 e. The van der Waals surface area contributed by atoms with Gasteiger partial charge in [0.2, 0.25) is 0 Å². The van der Waals surface area contributed by atoms with Gasteiger partial charge in [0.15, 0.2) is 0 Å². The van der Waals surface area contributed by atoms with Crippen molar-refractivity contribution in [1.82, 2.24) is 10.3 Å². The molecule has 1 heterocycles. The first-order valence-electron chi connectivity index (χ1n) is 5.33. The van der Waals surface area contributed by atoms with E-state index in [0.29, 0.717) is 6.04 Å². The zero-order valence-electron chi connectivity index (χ0n) is 10.0. The van der Waals surface area contributed by atoms with Crippen molar-refractivity contribution in [2.45, 2.75) is 45.7 Å². The molecule has 3 nitrogen and oxygen atoms in total. The number of nitrogens with two attached hydrogens (primary N) is 1. The van der Waals surface area contributed by atoms with Gasteiger partial charge < -0.3 is 11.1 Å². The van der Waals surface area contributed by atoms with Crippen LogP contribution in [0.1, 0.15) is 43.9 Å². The van der Waals surface area contributed by atoms with E-state index >= 15 is 0 Å². The second-order valence-corrected chi connectivity index (χ2v) is 5.63. The van der Waals surface area contributed by atoms with Gasteiger partial charge in [-0.15, -0.1) is 11.3 Å². The van der Waals surface area contributed by atoms with E-state index < -0.39 is 0 Å². The summed E-state index contributed by atoms with van der Waals surface area (Å²) < 4.78 is 0. The summed E-state index contributed by atoms with van der Waals surface area (Å²) in [4.78, 5) is 4.45. The third-order valence-corrected chi connectivity index (χ3v) is 3.37. The van der Waals surface area contributed by atoms with Gasteiger partial charge in [0, 0.05) is 16.6 Å². The minimum atomic E-state index is -0.0918. The van der Waals surface area contributed by atoms with Crippen LogP contribution in [0.15, 0.2) is 5.38 Å². The topological polar surface area (TPSA) is 50.9 Å². The maximum absolute atomic E-state index is 5.91. The average molecular weight is 227 g/mol. The molecule has 0 aliphatic carbocycles. The highest BCUT2D eigenvalue weighted by Crippen LogP contribution is 2.17. The molecule has 1 rings (SSSR count). The predicted octanol–water partition coefficient (Wildman–Crippen LogP) is 2.23. The molecular formula is C11H21N3S. The number of aryl methyl sites for hydroxylation is 1. The fourth-order valence-electron chi connectivity index (χ4n) is 1.27. The molecule has 1 aromatic rings. The molecule has 0 amide bonds. The highest BCUT2D eigenvalue weighted by atomic mass is 32.1. The Labute approximate surface area is 96.1 Å². The minimum Gasteiger partial charge on any atom is -0.326 e. The Hall–Kier alpha value is -0.450. The summed E-state index contributed by atoms with van der Waals surface area (Å²) in [6.07, 6.45) is 0.974. The van der Waals surface area contributed by atoms with Crippen molar-refractivity contribution in [1.29, 1.82) is 0 Å². The average Bonchev–Trinajstić information content (AvgIpc) is 2.49. The van der Waals surface area contributed by atoms with E-state index in [1.165, 1.54) is 0 Å². The third-order valence-electron chi connectivity index (χ3n) is 2.23. The summed E-state index contributed by atoms with van der Waals surface area (Å²) in [7, 11) is 0. The van der Waals surface area contributed by atoms with Crippen LogP contribution in [0.25, 0.3) is 0 Å². The molecular weight excluding hydrogens is 206 g/mol. The highest BCUT2D eigenvalue weighted by Gasteiger charge is 2.12. The number of hydrogen-bond acceptors (Lipinski definition) is 4. The molecule has 0 saturated carbocycles. The molecule has 86 valence electrons. The molecule has 1 aromatic heterocycles. The Kier molecular flexibility index (Phi) is 4.25. The summed E-state index contributed by atoms with van der Waals surface area (Å²) in [5.74, 6) is 0. The van der Waals surface area contributed by atoms with E-state index in [9.17, 15) is 0 Å². The van der Waals surface area contributed by atoms with Crippen molar-refractivity contribution in [3.63, 3.8) is 0 Å². The Morgan fingerprint density at radius 2 is 2.27 bits per heavy atom. The van der Waals surface area contributed by atoms with Crippen LogP contribution in [0.4, 0.5) is 0 Å². The fourth-order valence-corrected chi connectivity index (χ4v) is 2.10. The van der Waals surface area contributed by atoms with Gasteiger partial charge in [-0.1, -0.05) is 0 Å². The van der Waals surface area contributed by atoms with E-state index in [2.05, 4.69) is 22.6 Å². The minimum absolute atomic E-state index is 0.0918. The lowest BCUT2D eigenvalue weighted by molar-refractivity contribution is 0.436. The number of aromatic nitrogens is 1. The van der Waals surface area contributed by atoms with Crippen LogP contribution in [0.2, 0.25) is 0 Å². The SMILES string of the molecule is Cc1csc(C(C)NCCC(C)(C)N)n1. The van der Waals surface area contributed by atoms with Gasteiger partial charge in [0.05, 0.1) is 6.04 Å². The first-order chi connectivity index (χ1) is 6.88. The molecule has 15 heavy (non-hydrogen) atoms. The molecule has 0 spiro atoms. The zero-order valence-corrected chi connectivity index (χ0v) is 10.8. The second-order valence-electron chi connectivity index (χ2n) is 4.74. The van der Waals surface area contributed by atoms with Crippen molar-refractivity contribution in [3.8, 4) is 0 Å². The van der Waals surface area contributed by atoms with Gasteiger partial charge in [-0.3, -0.25) is 0 Å².